The van der Waals surface area contributed by atoms with Crippen molar-refractivity contribution in [2.24, 2.45) is 23.5 Å². The summed E-state index contributed by atoms with van der Waals surface area (Å²) in [6.45, 7) is 2.63. The summed E-state index contributed by atoms with van der Waals surface area (Å²) >= 11 is 0. The molecule has 29 heavy (non-hydrogen) atoms. The number of carbonyl (C=O) groups excluding carboxylic acids is 1. The predicted molar refractivity (Wildman–Crippen MR) is 103 cm³/mol. The second-order valence-electron chi connectivity index (χ2n) is 9.34. The van der Waals surface area contributed by atoms with Crippen molar-refractivity contribution in [3.05, 3.63) is 33.9 Å². The number of anilines is 1. The van der Waals surface area contributed by atoms with E-state index in [2.05, 4.69) is 4.98 Å². The number of ketones is 1. The molecule has 3 saturated carbocycles. The molecule has 0 amide bonds. The minimum absolute atomic E-state index is 0.0231. The van der Waals surface area contributed by atoms with E-state index in [9.17, 15) is 14.0 Å². The van der Waals surface area contributed by atoms with Gasteiger partial charge in [-0.2, -0.15) is 0 Å². The van der Waals surface area contributed by atoms with E-state index in [0.29, 0.717) is 37.3 Å². The highest BCUT2D eigenvalue weighted by Gasteiger charge is 2.66. The van der Waals surface area contributed by atoms with Crippen LogP contribution in [0.4, 0.5) is 14.6 Å². The average Bonchev–Trinajstić information content (AvgIpc) is 3.44. The number of hydrogen-bond donors (Lipinski definition) is 1. The fourth-order valence-corrected chi connectivity index (χ4v) is 5.78. The summed E-state index contributed by atoms with van der Waals surface area (Å²) in [7, 11) is 0. The van der Waals surface area contributed by atoms with Gasteiger partial charge in [0.05, 0.1) is 17.0 Å². The molecule has 0 bridgehead atoms. The Morgan fingerprint density at radius 1 is 1.34 bits per heavy atom. The van der Waals surface area contributed by atoms with E-state index < -0.39 is 29.2 Å². The first-order valence-electron chi connectivity index (χ1n) is 10.2. The molecule has 6 atom stereocenters. The van der Waals surface area contributed by atoms with E-state index in [1.54, 1.807) is 4.57 Å². The molecule has 4 fully saturated rings. The van der Waals surface area contributed by atoms with Crippen molar-refractivity contribution in [2.45, 2.75) is 43.9 Å². The van der Waals surface area contributed by atoms with Crippen LogP contribution in [-0.4, -0.2) is 40.1 Å². The molecule has 0 radical (unpaired) electrons. The largest absolute Gasteiger partial charge is 0.353 e. The van der Waals surface area contributed by atoms with Crippen molar-refractivity contribution in [3.63, 3.8) is 0 Å². The first-order chi connectivity index (χ1) is 13.8. The Kier molecular flexibility index (Phi) is 3.27. The zero-order valence-electron chi connectivity index (χ0n) is 16.1. The number of carbonyl (C=O) groups is 1. The third-order valence-corrected chi connectivity index (χ3v) is 7.58. The number of Topliss-reactive ketones (excluding diaryl/α,β-unsaturated/α-hetero) is 1. The molecule has 1 saturated heterocycles. The van der Waals surface area contributed by atoms with Crippen LogP contribution in [-0.2, 0) is 0 Å². The number of aromatic nitrogens is 2. The van der Waals surface area contributed by atoms with Gasteiger partial charge in [-0.15, -0.1) is 0 Å². The van der Waals surface area contributed by atoms with E-state index in [1.165, 1.54) is 13.1 Å². The lowest BCUT2D eigenvalue weighted by atomic mass is 9.92. The zero-order valence-corrected chi connectivity index (χ0v) is 16.1. The van der Waals surface area contributed by atoms with Gasteiger partial charge in [-0.25, -0.2) is 13.8 Å². The van der Waals surface area contributed by atoms with Gasteiger partial charge in [0.15, 0.2) is 17.4 Å². The second kappa shape index (κ2) is 5.41. The van der Waals surface area contributed by atoms with Gasteiger partial charge in [-0.05, 0) is 43.6 Å². The monoisotopic (exact) mass is 400 g/mol. The summed E-state index contributed by atoms with van der Waals surface area (Å²) in [5.74, 6) is 0.550. The van der Waals surface area contributed by atoms with Gasteiger partial charge in [0, 0.05) is 31.2 Å². The SMILES string of the molecule is CC(=O)c1cn([C@@H]2C[C@@H]2F)c2nc(N3CC4CC5C[C@]5(N)C4C3)c(F)cc2c1=O. The van der Waals surface area contributed by atoms with Crippen LogP contribution in [0.2, 0.25) is 0 Å². The molecule has 2 aromatic rings. The van der Waals surface area contributed by atoms with Gasteiger partial charge < -0.3 is 15.2 Å². The van der Waals surface area contributed by atoms with Gasteiger partial charge in [0.1, 0.15) is 11.8 Å². The fourth-order valence-electron chi connectivity index (χ4n) is 5.78. The zero-order chi connectivity index (χ0) is 20.2. The molecule has 6 rings (SSSR count). The van der Waals surface area contributed by atoms with E-state index in [-0.39, 0.29) is 28.0 Å². The van der Waals surface area contributed by atoms with Crippen LogP contribution in [0.15, 0.2) is 17.1 Å². The van der Waals surface area contributed by atoms with Crippen molar-refractivity contribution < 1.29 is 13.6 Å². The molecule has 3 unspecified atom stereocenters. The summed E-state index contributed by atoms with van der Waals surface area (Å²) in [6, 6.07) is 0.685. The van der Waals surface area contributed by atoms with Crippen LogP contribution < -0.4 is 16.1 Å². The lowest BCUT2D eigenvalue weighted by molar-refractivity contribution is 0.101. The molecule has 0 aromatic carbocycles. The average molecular weight is 400 g/mol. The molecule has 2 aromatic heterocycles. The van der Waals surface area contributed by atoms with Crippen LogP contribution in [0.5, 0.6) is 0 Å². The van der Waals surface area contributed by atoms with Crippen molar-refractivity contribution in [1.29, 1.82) is 0 Å². The summed E-state index contributed by atoms with van der Waals surface area (Å²) in [6.07, 6.45) is 2.75. The topological polar surface area (TPSA) is 81.2 Å². The van der Waals surface area contributed by atoms with Crippen LogP contribution in [0.25, 0.3) is 11.0 Å². The molecule has 3 aliphatic carbocycles. The first kappa shape index (κ1) is 17.5. The van der Waals surface area contributed by atoms with E-state index in [0.717, 1.165) is 18.9 Å². The maximum Gasteiger partial charge on any atom is 0.201 e. The summed E-state index contributed by atoms with van der Waals surface area (Å²) in [4.78, 5) is 31.0. The Balaban J connectivity index is 1.47. The molecule has 152 valence electrons. The number of pyridine rings is 2. The van der Waals surface area contributed by atoms with Gasteiger partial charge >= 0.3 is 0 Å². The third kappa shape index (κ3) is 2.32. The minimum atomic E-state index is -1.05. The maximum atomic E-state index is 15.0. The van der Waals surface area contributed by atoms with Crippen LogP contribution >= 0.6 is 0 Å². The summed E-state index contributed by atoms with van der Waals surface area (Å²) < 4.78 is 30.4. The lowest BCUT2D eigenvalue weighted by Crippen LogP contribution is -2.35. The number of halogens is 2. The maximum absolute atomic E-state index is 15.0. The Labute approximate surface area is 165 Å². The highest BCUT2D eigenvalue weighted by atomic mass is 19.1. The van der Waals surface area contributed by atoms with Crippen molar-refractivity contribution in [2.75, 3.05) is 18.0 Å². The number of rotatable bonds is 3. The van der Waals surface area contributed by atoms with Crippen LogP contribution in [0.3, 0.4) is 0 Å². The smallest absolute Gasteiger partial charge is 0.201 e. The van der Waals surface area contributed by atoms with Crippen molar-refractivity contribution in [1.82, 2.24) is 9.55 Å². The molecule has 0 spiro atoms. The highest BCUT2D eigenvalue weighted by molar-refractivity contribution is 5.97. The number of nitrogens with two attached hydrogens (primary N) is 1. The molecule has 6 nitrogen and oxygen atoms in total. The number of hydrogen-bond acceptors (Lipinski definition) is 5. The number of nitrogens with zero attached hydrogens (tertiary/aromatic N) is 3. The normalized spacial score (nSPS) is 37.0. The minimum Gasteiger partial charge on any atom is -0.353 e. The summed E-state index contributed by atoms with van der Waals surface area (Å²) in [5, 5.41) is 0.0231. The van der Waals surface area contributed by atoms with Crippen LogP contribution in [0.1, 0.15) is 42.6 Å². The summed E-state index contributed by atoms with van der Waals surface area (Å²) in [5.41, 5.74) is 6.01. The Hall–Kier alpha value is -2.35. The van der Waals surface area contributed by atoms with Crippen LogP contribution in [0, 0.1) is 23.6 Å². The van der Waals surface area contributed by atoms with E-state index >= 15 is 4.39 Å². The molecule has 1 aliphatic heterocycles. The molecular weight excluding hydrogens is 378 g/mol. The Morgan fingerprint density at radius 3 is 2.76 bits per heavy atom. The van der Waals surface area contributed by atoms with Crippen molar-refractivity contribution in [3.8, 4) is 0 Å². The third-order valence-electron chi connectivity index (χ3n) is 7.58. The highest BCUT2D eigenvalue weighted by Crippen LogP contribution is 2.62. The lowest BCUT2D eigenvalue weighted by Gasteiger charge is -2.22. The van der Waals surface area contributed by atoms with E-state index in [1.807, 2.05) is 4.90 Å². The quantitative estimate of drug-likeness (QED) is 0.799. The van der Waals surface area contributed by atoms with Gasteiger partial charge in [0.2, 0.25) is 5.43 Å². The molecule has 3 heterocycles. The Morgan fingerprint density at radius 2 is 2.10 bits per heavy atom. The van der Waals surface area contributed by atoms with Gasteiger partial charge in [-0.3, -0.25) is 9.59 Å². The fraction of sp³-hybridized carbons (Fsp3) is 0.571. The number of alkyl halides is 1. The Bertz CT molecular complexity index is 1150. The van der Waals surface area contributed by atoms with E-state index in [4.69, 9.17) is 5.73 Å². The van der Waals surface area contributed by atoms with Gasteiger partial charge in [0.25, 0.3) is 0 Å². The molecule has 2 N–H and O–H groups in total. The molecule has 8 heteroatoms. The second-order valence-corrected chi connectivity index (χ2v) is 9.34. The van der Waals surface area contributed by atoms with Crippen molar-refractivity contribution >= 4 is 22.6 Å². The first-order valence-corrected chi connectivity index (χ1v) is 10.2. The number of fused-ring (bicyclic) bond motifs is 4. The van der Waals surface area contributed by atoms with Gasteiger partial charge in [-0.1, -0.05) is 0 Å². The predicted octanol–water partition coefficient (Wildman–Crippen LogP) is 2.19. The molecule has 4 aliphatic rings. The molecular formula is C21H22F2N4O2. The standard InChI is InChI=1S/C21H22F2N4O2/c1-9(28)13-7-27(17-4-15(17)22)19-12(18(13)29)3-16(23)20(25-19)26-6-10-2-11-5-21(11,24)14(10)8-26/h3,7,10-11,14-15,17H,2,4-6,8,24H2,1H3/t10?,11?,14?,15-,17+,21+/m0/s1.